The molecule has 2 aromatic rings. The van der Waals surface area contributed by atoms with E-state index in [1.165, 1.54) is 0 Å². The molecule has 0 amide bonds. The normalized spacial score (nSPS) is 10.9. The second kappa shape index (κ2) is 5.07. The third-order valence-corrected chi connectivity index (χ3v) is 2.61. The molecule has 0 heterocycles. The smallest absolute Gasteiger partial charge is 0.296 e. The molecule has 0 aliphatic heterocycles. The number of anilines is 1. The maximum atomic E-state index is 10.8. The van der Waals surface area contributed by atoms with Gasteiger partial charge in [-0.3, -0.25) is 4.72 Å². The van der Waals surface area contributed by atoms with Gasteiger partial charge in [0, 0.05) is 5.69 Å². The molecule has 0 bridgehead atoms. The zero-order chi connectivity index (χ0) is 13.0. The molecule has 3 N–H and O–H groups in total. The molecule has 5 nitrogen and oxygen atoms in total. The molecule has 0 aromatic heterocycles. The quantitative estimate of drug-likeness (QED) is 0.887. The van der Waals surface area contributed by atoms with Gasteiger partial charge in [-0.05, 0) is 36.4 Å². The second-order valence-corrected chi connectivity index (χ2v) is 4.88. The third kappa shape index (κ3) is 3.76. The summed E-state index contributed by atoms with van der Waals surface area (Å²) in [6.45, 7) is 0. The number of nitrogens with one attached hydrogen (secondary N) is 1. The van der Waals surface area contributed by atoms with E-state index in [2.05, 4.69) is 4.72 Å². The van der Waals surface area contributed by atoms with E-state index in [-0.39, 0.29) is 0 Å². The molecule has 0 saturated carbocycles. The summed E-state index contributed by atoms with van der Waals surface area (Å²) in [5.41, 5.74) is 0.387. The Labute approximate surface area is 105 Å². The highest BCUT2D eigenvalue weighted by Gasteiger charge is 2.02. The molecule has 0 radical (unpaired) electrons. The SMILES string of the molecule is NS(=O)(=O)Nc1ccc(Oc2ccccc2)cc1. The average molecular weight is 264 g/mol. The first-order valence-corrected chi connectivity index (χ1v) is 6.71. The summed E-state index contributed by atoms with van der Waals surface area (Å²) in [5.74, 6) is 1.32. The van der Waals surface area contributed by atoms with Crippen molar-refractivity contribution in [3.8, 4) is 11.5 Å². The monoisotopic (exact) mass is 264 g/mol. The number of para-hydroxylation sites is 1. The molecule has 0 aliphatic carbocycles. The van der Waals surface area contributed by atoms with Crippen molar-refractivity contribution in [1.82, 2.24) is 0 Å². The Kier molecular flexibility index (Phi) is 3.50. The Morgan fingerprint density at radius 2 is 1.44 bits per heavy atom. The molecule has 94 valence electrons. The number of hydrogen-bond acceptors (Lipinski definition) is 3. The van der Waals surface area contributed by atoms with Crippen LogP contribution in [-0.4, -0.2) is 8.42 Å². The highest BCUT2D eigenvalue weighted by Crippen LogP contribution is 2.22. The fourth-order valence-electron chi connectivity index (χ4n) is 1.38. The van der Waals surface area contributed by atoms with Gasteiger partial charge in [0.05, 0.1) is 0 Å². The Hall–Kier alpha value is -2.05. The topological polar surface area (TPSA) is 81.4 Å². The van der Waals surface area contributed by atoms with Gasteiger partial charge in [-0.25, -0.2) is 5.14 Å². The first-order chi connectivity index (χ1) is 8.53. The summed E-state index contributed by atoms with van der Waals surface area (Å²) in [4.78, 5) is 0. The lowest BCUT2D eigenvalue weighted by atomic mass is 10.3. The molecule has 0 atom stereocenters. The molecule has 2 aromatic carbocycles. The van der Waals surface area contributed by atoms with E-state index >= 15 is 0 Å². The minimum absolute atomic E-state index is 0.387. The highest BCUT2D eigenvalue weighted by molar-refractivity contribution is 7.90. The van der Waals surface area contributed by atoms with Crippen LogP contribution >= 0.6 is 0 Å². The number of benzene rings is 2. The van der Waals surface area contributed by atoms with E-state index in [0.717, 1.165) is 0 Å². The zero-order valence-corrected chi connectivity index (χ0v) is 10.2. The van der Waals surface area contributed by atoms with Gasteiger partial charge in [0.25, 0.3) is 10.2 Å². The van der Waals surface area contributed by atoms with E-state index in [4.69, 9.17) is 9.88 Å². The number of ether oxygens (including phenoxy) is 1. The van der Waals surface area contributed by atoms with Crippen LogP contribution in [0.15, 0.2) is 54.6 Å². The summed E-state index contributed by atoms with van der Waals surface area (Å²) < 4.78 is 29.3. The van der Waals surface area contributed by atoms with E-state index in [0.29, 0.717) is 17.2 Å². The Bertz CT molecular complexity index is 610. The van der Waals surface area contributed by atoms with Crippen molar-refractivity contribution in [3.05, 3.63) is 54.6 Å². The number of rotatable bonds is 4. The van der Waals surface area contributed by atoms with Crippen LogP contribution in [0.2, 0.25) is 0 Å². The van der Waals surface area contributed by atoms with Crippen LogP contribution in [0.4, 0.5) is 5.69 Å². The van der Waals surface area contributed by atoms with Crippen molar-refractivity contribution in [2.75, 3.05) is 4.72 Å². The Morgan fingerprint density at radius 3 is 2.00 bits per heavy atom. The van der Waals surface area contributed by atoms with Gasteiger partial charge in [-0.2, -0.15) is 8.42 Å². The summed E-state index contributed by atoms with van der Waals surface area (Å²) in [7, 11) is -3.74. The largest absolute Gasteiger partial charge is 0.457 e. The molecule has 18 heavy (non-hydrogen) atoms. The molecule has 0 unspecified atom stereocenters. The van der Waals surface area contributed by atoms with Crippen LogP contribution in [0, 0.1) is 0 Å². The van der Waals surface area contributed by atoms with Crippen molar-refractivity contribution in [2.45, 2.75) is 0 Å². The van der Waals surface area contributed by atoms with Gasteiger partial charge in [0.15, 0.2) is 0 Å². The van der Waals surface area contributed by atoms with E-state index < -0.39 is 10.2 Å². The molecule has 0 saturated heterocycles. The predicted molar refractivity (Wildman–Crippen MR) is 69.7 cm³/mol. The van der Waals surface area contributed by atoms with Gasteiger partial charge >= 0.3 is 0 Å². The molecule has 0 aliphatic rings. The van der Waals surface area contributed by atoms with Crippen LogP contribution in [0.5, 0.6) is 11.5 Å². The summed E-state index contributed by atoms with van der Waals surface area (Å²) in [5, 5.41) is 4.86. The van der Waals surface area contributed by atoms with Crippen molar-refractivity contribution >= 4 is 15.9 Å². The number of hydrogen-bond donors (Lipinski definition) is 2. The highest BCUT2D eigenvalue weighted by atomic mass is 32.2. The van der Waals surface area contributed by atoms with Crippen molar-refractivity contribution in [2.24, 2.45) is 5.14 Å². The van der Waals surface area contributed by atoms with Crippen molar-refractivity contribution in [3.63, 3.8) is 0 Å². The zero-order valence-electron chi connectivity index (χ0n) is 9.41. The maximum absolute atomic E-state index is 10.8. The lowest BCUT2D eigenvalue weighted by Gasteiger charge is -2.07. The van der Waals surface area contributed by atoms with Gasteiger partial charge in [-0.15, -0.1) is 0 Å². The van der Waals surface area contributed by atoms with Gasteiger partial charge in [0.1, 0.15) is 11.5 Å². The molecule has 6 heteroatoms. The lowest BCUT2D eigenvalue weighted by Crippen LogP contribution is -2.21. The molecular weight excluding hydrogens is 252 g/mol. The third-order valence-electron chi connectivity index (χ3n) is 2.09. The molecule has 0 fully saturated rings. The molecule has 2 rings (SSSR count). The van der Waals surface area contributed by atoms with Crippen molar-refractivity contribution in [1.29, 1.82) is 0 Å². The van der Waals surface area contributed by atoms with Crippen LogP contribution in [0.3, 0.4) is 0 Å². The first-order valence-electron chi connectivity index (χ1n) is 5.16. The number of nitrogens with two attached hydrogens (primary N) is 1. The maximum Gasteiger partial charge on any atom is 0.296 e. The Morgan fingerprint density at radius 1 is 0.889 bits per heavy atom. The lowest BCUT2D eigenvalue weighted by molar-refractivity contribution is 0.483. The average Bonchev–Trinajstić information content (AvgIpc) is 2.31. The fourth-order valence-corrected chi connectivity index (χ4v) is 1.84. The first kappa shape index (κ1) is 12.4. The van der Waals surface area contributed by atoms with E-state index in [1.807, 2.05) is 30.3 Å². The van der Waals surface area contributed by atoms with E-state index in [9.17, 15) is 8.42 Å². The van der Waals surface area contributed by atoms with Crippen LogP contribution in [0.1, 0.15) is 0 Å². The standard InChI is InChI=1S/C12H12N2O3S/c13-18(15,16)14-10-6-8-12(9-7-10)17-11-4-2-1-3-5-11/h1-9,14H,(H2,13,15,16). The van der Waals surface area contributed by atoms with Crippen LogP contribution in [-0.2, 0) is 10.2 Å². The van der Waals surface area contributed by atoms with Crippen molar-refractivity contribution < 1.29 is 13.2 Å². The summed E-state index contributed by atoms with van der Waals surface area (Å²) in [6, 6.07) is 15.7. The molecule has 0 spiro atoms. The fraction of sp³-hybridized carbons (Fsp3) is 0. The van der Waals surface area contributed by atoms with Gasteiger partial charge in [-0.1, -0.05) is 18.2 Å². The molecular formula is C12H12N2O3S. The Balaban J connectivity index is 2.09. The van der Waals surface area contributed by atoms with E-state index in [1.54, 1.807) is 24.3 Å². The predicted octanol–water partition coefficient (Wildman–Crippen LogP) is 2.09. The summed E-state index contributed by atoms with van der Waals surface area (Å²) >= 11 is 0. The van der Waals surface area contributed by atoms with Crippen LogP contribution in [0.25, 0.3) is 0 Å². The second-order valence-electron chi connectivity index (χ2n) is 3.59. The minimum atomic E-state index is -3.74. The minimum Gasteiger partial charge on any atom is -0.457 e. The van der Waals surface area contributed by atoms with Gasteiger partial charge in [0.2, 0.25) is 0 Å². The van der Waals surface area contributed by atoms with Crippen LogP contribution < -0.4 is 14.6 Å². The summed E-state index contributed by atoms with van der Waals surface area (Å²) in [6.07, 6.45) is 0. The van der Waals surface area contributed by atoms with Gasteiger partial charge < -0.3 is 4.74 Å².